The van der Waals surface area contributed by atoms with Crippen molar-refractivity contribution in [2.24, 2.45) is 5.92 Å². The standard InChI is InChI=1S/C25H33N3O3/c1-19(2)23(26-24(29)21-11-7-8-12-22(21)31-3)25(30)28-17-15-27(16-18-28)14-13-20-9-5-4-6-10-20/h4-12,19,23H,13-18H2,1-3H3,(H,26,29)/t23-/m0/s1. The Morgan fingerprint density at radius 1 is 0.968 bits per heavy atom. The third kappa shape index (κ3) is 6.07. The monoisotopic (exact) mass is 423 g/mol. The van der Waals surface area contributed by atoms with E-state index < -0.39 is 6.04 Å². The molecule has 0 aliphatic carbocycles. The Hall–Kier alpha value is -2.86. The number of benzene rings is 2. The third-order valence-corrected chi connectivity index (χ3v) is 5.81. The Morgan fingerprint density at radius 3 is 2.26 bits per heavy atom. The van der Waals surface area contributed by atoms with Crippen LogP contribution in [0.15, 0.2) is 54.6 Å². The number of carbonyl (C=O) groups is 2. The maximum atomic E-state index is 13.2. The molecular formula is C25H33N3O3. The van der Waals surface area contributed by atoms with Crippen molar-refractivity contribution >= 4 is 11.8 Å². The molecule has 0 spiro atoms. The molecular weight excluding hydrogens is 390 g/mol. The molecule has 2 aromatic carbocycles. The van der Waals surface area contributed by atoms with Gasteiger partial charge in [-0.1, -0.05) is 56.3 Å². The second-order valence-corrected chi connectivity index (χ2v) is 8.30. The summed E-state index contributed by atoms with van der Waals surface area (Å²) in [7, 11) is 1.54. The van der Waals surface area contributed by atoms with Gasteiger partial charge in [0.05, 0.1) is 12.7 Å². The third-order valence-electron chi connectivity index (χ3n) is 5.81. The molecule has 0 aromatic heterocycles. The zero-order valence-corrected chi connectivity index (χ0v) is 18.7. The quantitative estimate of drug-likeness (QED) is 0.709. The van der Waals surface area contributed by atoms with Gasteiger partial charge in [-0.3, -0.25) is 14.5 Å². The van der Waals surface area contributed by atoms with E-state index >= 15 is 0 Å². The number of nitrogens with one attached hydrogen (secondary N) is 1. The van der Waals surface area contributed by atoms with Gasteiger partial charge in [0.2, 0.25) is 5.91 Å². The van der Waals surface area contributed by atoms with Gasteiger partial charge in [0.1, 0.15) is 11.8 Å². The lowest BCUT2D eigenvalue weighted by atomic mass is 10.0. The number of para-hydroxylation sites is 1. The normalized spacial score (nSPS) is 15.5. The minimum atomic E-state index is -0.562. The molecule has 1 aliphatic heterocycles. The molecule has 6 nitrogen and oxygen atoms in total. The van der Waals surface area contributed by atoms with Gasteiger partial charge >= 0.3 is 0 Å². The van der Waals surface area contributed by atoms with E-state index in [1.165, 1.54) is 12.7 Å². The van der Waals surface area contributed by atoms with Gasteiger partial charge in [-0.2, -0.15) is 0 Å². The summed E-state index contributed by atoms with van der Waals surface area (Å²) in [4.78, 5) is 30.3. The molecule has 6 heteroatoms. The molecule has 1 aliphatic rings. The van der Waals surface area contributed by atoms with Crippen molar-refractivity contribution in [3.05, 3.63) is 65.7 Å². The number of methoxy groups -OCH3 is 1. The highest BCUT2D eigenvalue weighted by Gasteiger charge is 2.31. The van der Waals surface area contributed by atoms with Gasteiger partial charge in [0.25, 0.3) is 5.91 Å². The maximum absolute atomic E-state index is 13.2. The van der Waals surface area contributed by atoms with Crippen LogP contribution in [0.1, 0.15) is 29.8 Å². The van der Waals surface area contributed by atoms with Crippen molar-refractivity contribution in [1.82, 2.24) is 15.1 Å². The molecule has 1 saturated heterocycles. The molecule has 166 valence electrons. The highest BCUT2D eigenvalue weighted by atomic mass is 16.5. The number of piperazine rings is 1. The van der Waals surface area contributed by atoms with Gasteiger partial charge in [-0.25, -0.2) is 0 Å². The number of hydrogen-bond donors (Lipinski definition) is 1. The van der Waals surface area contributed by atoms with Crippen LogP contribution >= 0.6 is 0 Å². The predicted molar refractivity (Wildman–Crippen MR) is 122 cm³/mol. The molecule has 3 rings (SSSR count). The fourth-order valence-corrected chi connectivity index (χ4v) is 3.89. The maximum Gasteiger partial charge on any atom is 0.255 e. The molecule has 0 saturated carbocycles. The van der Waals surface area contributed by atoms with E-state index in [9.17, 15) is 9.59 Å². The molecule has 0 bridgehead atoms. The summed E-state index contributed by atoms with van der Waals surface area (Å²) in [6.07, 6.45) is 1.01. The largest absolute Gasteiger partial charge is 0.496 e. The highest BCUT2D eigenvalue weighted by Crippen LogP contribution is 2.18. The summed E-state index contributed by atoms with van der Waals surface area (Å²) >= 11 is 0. The lowest BCUT2D eigenvalue weighted by Crippen LogP contribution is -2.56. The molecule has 1 atom stereocenters. The fourth-order valence-electron chi connectivity index (χ4n) is 3.89. The van der Waals surface area contributed by atoms with E-state index in [0.717, 1.165) is 26.1 Å². The van der Waals surface area contributed by atoms with Crippen LogP contribution in [0.3, 0.4) is 0 Å². The molecule has 2 amide bonds. The average Bonchev–Trinajstić information content (AvgIpc) is 2.81. The highest BCUT2D eigenvalue weighted by molar-refractivity contribution is 5.99. The van der Waals surface area contributed by atoms with Crippen LogP contribution in [0.2, 0.25) is 0 Å². The van der Waals surface area contributed by atoms with Crippen LogP contribution in [-0.2, 0) is 11.2 Å². The first kappa shape index (κ1) is 22.8. The van der Waals surface area contributed by atoms with Crippen molar-refractivity contribution in [1.29, 1.82) is 0 Å². The number of amides is 2. The number of ether oxygens (including phenoxy) is 1. The second-order valence-electron chi connectivity index (χ2n) is 8.30. The van der Waals surface area contributed by atoms with Gasteiger partial charge in [0, 0.05) is 32.7 Å². The average molecular weight is 424 g/mol. The molecule has 1 heterocycles. The van der Waals surface area contributed by atoms with Crippen LogP contribution in [0, 0.1) is 5.92 Å². The van der Waals surface area contributed by atoms with Crippen molar-refractivity contribution in [3.8, 4) is 5.75 Å². The molecule has 0 radical (unpaired) electrons. The van der Waals surface area contributed by atoms with Crippen molar-refractivity contribution in [2.45, 2.75) is 26.3 Å². The van der Waals surface area contributed by atoms with Crippen LogP contribution in [0.25, 0.3) is 0 Å². The number of rotatable bonds is 8. The minimum Gasteiger partial charge on any atom is -0.496 e. The van der Waals surface area contributed by atoms with E-state index in [-0.39, 0.29) is 17.7 Å². The number of hydrogen-bond acceptors (Lipinski definition) is 4. The topological polar surface area (TPSA) is 61.9 Å². The van der Waals surface area contributed by atoms with Crippen LogP contribution in [-0.4, -0.2) is 67.5 Å². The lowest BCUT2D eigenvalue weighted by molar-refractivity contribution is -0.136. The summed E-state index contributed by atoms with van der Waals surface area (Å²) < 4.78 is 5.29. The summed E-state index contributed by atoms with van der Waals surface area (Å²) in [5, 5.41) is 2.94. The van der Waals surface area contributed by atoms with Crippen LogP contribution in [0.4, 0.5) is 0 Å². The molecule has 0 unspecified atom stereocenters. The molecule has 2 aromatic rings. The van der Waals surface area contributed by atoms with Gasteiger partial charge < -0.3 is 15.0 Å². The van der Waals surface area contributed by atoms with Gasteiger partial charge in [0.15, 0.2) is 0 Å². The Morgan fingerprint density at radius 2 is 1.61 bits per heavy atom. The fraction of sp³-hybridized carbons (Fsp3) is 0.440. The van der Waals surface area contributed by atoms with Crippen molar-refractivity contribution < 1.29 is 14.3 Å². The Balaban J connectivity index is 1.55. The zero-order chi connectivity index (χ0) is 22.2. The molecule has 1 fully saturated rings. The minimum absolute atomic E-state index is 0.0118. The predicted octanol–water partition coefficient (Wildman–Crippen LogP) is 2.84. The molecule has 31 heavy (non-hydrogen) atoms. The summed E-state index contributed by atoms with van der Waals surface area (Å²) in [5.74, 6) is 0.191. The number of carbonyl (C=O) groups excluding carboxylic acids is 2. The van der Waals surface area contributed by atoms with Crippen LogP contribution in [0.5, 0.6) is 5.75 Å². The first-order valence-corrected chi connectivity index (χ1v) is 11.0. The summed E-state index contributed by atoms with van der Waals surface area (Å²) in [6, 6.07) is 17.0. The molecule has 1 N–H and O–H groups in total. The van der Waals surface area contributed by atoms with Gasteiger partial charge in [-0.15, -0.1) is 0 Å². The lowest BCUT2D eigenvalue weighted by Gasteiger charge is -2.37. The Bertz CT molecular complexity index is 861. The van der Waals surface area contributed by atoms with E-state index in [1.54, 1.807) is 18.2 Å². The van der Waals surface area contributed by atoms with E-state index in [0.29, 0.717) is 24.4 Å². The second kappa shape index (κ2) is 11.0. The summed E-state index contributed by atoms with van der Waals surface area (Å²) in [5.41, 5.74) is 1.77. The first-order valence-electron chi connectivity index (χ1n) is 11.0. The summed E-state index contributed by atoms with van der Waals surface area (Å²) in [6.45, 7) is 7.98. The van der Waals surface area contributed by atoms with Crippen molar-refractivity contribution in [3.63, 3.8) is 0 Å². The Labute approximate surface area is 185 Å². The number of nitrogens with zero attached hydrogens (tertiary/aromatic N) is 2. The van der Waals surface area contributed by atoms with Crippen molar-refractivity contribution in [2.75, 3.05) is 39.8 Å². The van der Waals surface area contributed by atoms with Gasteiger partial charge in [-0.05, 0) is 30.0 Å². The van der Waals surface area contributed by atoms with E-state index in [1.807, 2.05) is 30.9 Å². The smallest absolute Gasteiger partial charge is 0.255 e. The first-order chi connectivity index (χ1) is 15.0. The van der Waals surface area contributed by atoms with Crippen LogP contribution < -0.4 is 10.1 Å². The Kier molecular flexibility index (Phi) is 8.06. The SMILES string of the molecule is COc1ccccc1C(=O)N[C@H](C(=O)N1CCN(CCc2ccccc2)CC1)C(C)C. The zero-order valence-electron chi connectivity index (χ0n) is 18.7. The van der Waals surface area contributed by atoms with E-state index in [2.05, 4.69) is 34.5 Å². The van der Waals surface area contributed by atoms with E-state index in [4.69, 9.17) is 4.74 Å².